The summed E-state index contributed by atoms with van der Waals surface area (Å²) in [7, 11) is -3.63. The van der Waals surface area contributed by atoms with E-state index in [0.717, 1.165) is 37.0 Å². The first-order chi connectivity index (χ1) is 9.47. The van der Waals surface area contributed by atoms with Gasteiger partial charge in [0.25, 0.3) is 10.0 Å². The summed E-state index contributed by atoms with van der Waals surface area (Å²) in [6.45, 7) is 1.77. The number of hydrogen-bond acceptors (Lipinski definition) is 6. The third-order valence-electron chi connectivity index (χ3n) is 3.21. The van der Waals surface area contributed by atoms with Gasteiger partial charge in [-0.25, -0.2) is 13.1 Å². The Labute approximate surface area is 122 Å². The molecule has 0 unspecified atom stereocenters. The lowest BCUT2D eigenvalue weighted by Gasteiger charge is -2.21. The van der Waals surface area contributed by atoms with Crippen molar-refractivity contribution >= 4 is 32.4 Å². The first-order valence-electron chi connectivity index (χ1n) is 6.58. The van der Waals surface area contributed by atoms with E-state index in [9.17, 15) is 13.2 Å². The summed E-state index contributed by atoms with van der Waals surface area (Å²) in [5.41, 5.74) is 0. The van der Waals surface area contributed by atoms with Crippen molar-refractivity contribution in [1.29, 1.82) is 0 Å². The van der Waals surface area contributed by atoms with Gasteiger partial charge in [0.05, 0.1) is 0 Å². The molecular weight excluding hydrogens is 300 g/mol. The van der Waals surface area contributed by atoms with Gasteiger partial charge in [0, 0.05) is 13.5 Å². The smallest absolute Gasteiger partial charge is 0.269 e. The van der Waals surface area contributed by atoms with Crippen molar-refractivity contribution in [3.8, 4) is 0 Å². The second kappa shape index (κ2) is 6.59. The third kappa shape index (κ3) is 4.22. The molecule has 0 spiro atoms. The van der Waals surface area contributed by atoms with E-state index in [2.05, 4.69) is 20.2 Å². The zero-order chi connectivity index (χ0) is 14.6. The summed E-state index contributed by atoms with van der Waals surface area (Å²) in [6.07, 6.45) is 5.70. The minimum absolute atomic E-state index is 0.114. The molecule has 1 heterocycles. The number of aromatic nitrogens is 2. The van der Waals surface area contributed by atoms with Gasteiger partial charge in [-0.15, -0.1) is 10.2 Å². The highest BCUT2D eigenvalue weighted by atomic mass is 32.2. The Hall–Kier alpha value is -1.06. The average molecular weight is 318 g/mol. The van der Waals surface area contributed by atoms with E-state index in [1.54, 1.807) is 0 Å². The molecule has 1 aliphatic rings. The predicted molar refractivity (Wildman–Crippen MR) is 76.0 cm³/mol. The summed E-state index contributed by atoms with van der Waals surface area (Å²) in [6, 6.07) is 0. The zero-order valence-corrected chi connectivity index (χ0v) is 12.9. The predicted octanol–water partition coefficient (Wildman–Crippen LogP) is 1.36. The number of carbonyl (C=O) groups excluding carboxylic acids is 1. The lowest BCUT2D eigenvalue weighted by Crippen LogP contribution is -2.30. The van der Waals surface area contributed by atoms with Gasteiger partial charge in [0.1, 0.15) is 0 Å². The van der Waals surface area contributed by atoms with Crippen LogP contribution in [0.3, 0.4) is 0 Å². The Kier molecular flexibility index (Phi) is 5.06. The summed E-state index contributed by atoms with van der Waals surface area (Å²) >= 11 is 0.850. The lowest BCUT2D eigenvalue weighted by molar-refractivity contribution is -0.114. The molecule has 2 rings (SSSR count). The van der Waals surface area contributed by atoms with Crippen LogP contribution in [0.25, 0.3) is 0 Å². The Bertz CT molecular complexity index is 564. The molecule has 1 aliphatic carbocycles. The van der Waals surface area contributed by atoms with Gasteiger partial charge in [0.2, 0.25) is 15.4 Å². The van der Waals surface area contributed by atoms with Crippen LogP contribution in [0.1, 0.15) is 39.0 Å². The zero-order valence-electron chi connectivity index (χ0n) is 11.3. The molecule has 7 nitrogen and oxygen atoms in total. The number of carbonyl (C=O) groups is 1. The summed E-state index contributed by atoms with van der Waals surface area (Å²) in [4.78, 5) is 10.9. The van der Waals surface area contributed by atoms with E-state index in [1.165, 1.54) is 13.3 Å². The minimum atomic E-state index is -3.63. The van der Waals surface area contributed by atoms with Crippen LogP contribution in [0.4, 0.5) is 5.13 Å². The van der Waals surface area contributed by atoms with Crippen LogP contribution in [0.2, 0.25) is 0 Å². The number of nitrogens with zero attached hydrogens (tertiary/aromatic N) is 2. The molecule has 0 aromatic carbocycles. The quantitative estimate of drug-likeness (QED) is 0.798. The van der Waals surface area contributed by atoms with Gasteiger partial charge in [-0.1, -0.05) is 30.6 Å². The van der Waals surface area contributed by atoms with Crippen molar-refractivity contribution in [3.63, 3.8) is 0 Å². The molecule has 1 aromatic heterocycles. The van der Waals surface area contributed by atoms with Crippen LogP contribution in [0.15, 0.2) is 4.34 Å². The molecule has 0 bridgehead atoms. The topological polar surface area (TPSA) is 101 Å². The Morgan fingerprint density at radius 2 is 2.00 bits per heavy atom. The summed E-state index contributed by atoms with van der Waals surface area (Å²) < 4.78 is 26.6. The normalized spacial score (nSPS) is 17.1. The molecule has 112 valence electrons. The monoisotopic (exact) mass is 318 g/mol. The van der Waals surface area contributed by atoms with E-state index in [-0.39, 0.29) is 15.4 Å². The maximum atomic E-state index is 12.1. The van der Waals surface area contributed by atoms with E-state index in [1.807, 2.05) is 0 Å². The van der Waals surface area contributed by atoms with Gasteiger partial charge in [-0.3, -0.25) is 4.79 Å². The van der Waals surface area contributed by atoms with Crippen LogP contribution in [-0.2, 0) is 14.8 Å². The number of hydrogen-bond donors (Lipinski definition) is 2. The Morgan fingerprint density at radius 1 is 1.30 bits per heavy atom. The molecule has 1 fully saturated rings. The molecule has 1 amide bonds. The maximum Gasteiger partial charge on any atom is 0.269 e. The minimum Gasteiger partial charge on any atom is -0.301 e. The molecule has 1 aromatic rings. The number of rotatable bonds is 5. The highest BCUT2D eigenvalue weighted by Crippen LogP contribution is 2.24. The molecule has 0 saturated heterocycles. The Morgan fingerprint density at radius 3 is 2.65 bits per heavy atom. The fourth-order valence-electron chi connectivity index (χ4n) is 2.20. The average Bonchev–Trinajstić information content (AvgIpc) is 2.86. The summed E-state index contributed by atoms with van der Waals surface area (Å²) in [5.74, 6) is 0.0986. The standard InChI is InChI=1S/C11H18N4O3S2/c1-8(16)13-10-14-15-11(19-10)20(17,18)12-7-9-5-3-2-4-6-9/h9,12H,2-7H2,1H3,(H,13,14,16). The second-order valence-electron chi connectivity index (χ2n) is 4.91. The fraction of sp³-hybridized carbons (Fsp3) is 0.727. The van der Waals surface area contributed by atoms with Gasteiger partial charge in [-0.2, -0.15) is 0 Å². The van der Waals surface area contributed by atoms with Gasteiger partial charge >= 0.3 is 0 Å². The highest BCUT2D eigenvalue weighted by Gasteiger charge is 2.22. The van der Waals surface area contributed by atoms with E-state index >= 15 is 0 Å². The van der Waals surface area contributed by atoms with Gasteiger partial charge in [-0.05, 0) is 18.8 Å². The van der Waals surface area contributed by atoms with Gasteiger partial charge in [0.15, 0.2) is 0 Å². The van der Waals surface area contributed by atoms with E-state index in [4.69, 9.17) is 0 Å². The lowest BCUT2D eigenvalue weighted by atomic mass is 9.90. The van der Waals surface area contributed by atoms with Gasteiger partial charge < -0.3 is 5.32 Å². The van der Waals surface area contributed by atoms with E-state index < -0.39 is 10.0 Å². The highest BCUT2D eigenvalue weighted by molar-refractivity contribution is 7.91. The molecular formula is C11H18N4O3S2. The number of nitrogens with one attached hydrogen (secondary N) is 2. The first kappa shape index (κ1) is 15.3. The molecule has 0 radical (unpaired) electrons. The molecule has 20 heavy (non-hydrogen) atoms. The van der Waals surface area contributed by atoms with Crippen molar-refractivity contribution in [2.75, 3.05) is 11.9 Å². The number of amides is 1. The van der Waals surface area contributed by atoms with Crippen LogP contribution < -0.4 is 10.0 Å². The Balaban J connectivity index is 1.95. The van der Waals surface area contributed by atoms with Crippen LogP contribution in [0.5, 0.6) is 0 Å². The van der Waals surface area contributed by atoms with Crippen LogP contribution in [-0.4, -0.2) is 31.1 Å². The SMILES string of the molecule is CC(=O)Nc1nnc(S(=O)(=O)NCC2CCCCC2)s1. The largest absolute Gasteiger partial charge is 0.301 e. The first-order valence-corrected chi connectivity index (χ1v) is 8.88. The van der Waals surface area contributed by atoms with Crippen LogP contribution >= 0.6 is 11.3 Å². The van der Waals surface area contributed by atoms with Crippen molar-refractivity contribution in [2.45, 2.75) is 43.4 Å². The number of anilines is 1. The van der Waals surface area contributed by atoms with Crippen molar-refractivity contribution < 1.29 is 13.2 Å². The van der Waals surface area contributed by atoms with Crippen molar-refractivity contribution in [1.82, 2.24) is 14.9 Å². The molecule has 0 atom stereocenters. The molecule has 2 N–H and O–H groups in total. The van der Waals surface area contributed by atoms with Crippen LogP contribution in [0, 0.1) is 5.92 Å². The third-order valence-corrected chi connectivity index (χ3v) is 5.84. The molecule has 9 heteroatoms. The molecule has 0 aliphatic heterocycles. The van der Waals surface area contributed by atoms with E-state index in [0.29, 0.717) is 12.5 Å². The molecule has 1 saturated carbocycles. The van der Waals surface area contributed by atoms with Crippen molar-refractivity contribution in [2.24, 2.45) is 5.92 Å². The fourth-order valence-corrected chi connectivity index (χ4v) is 4.30. The second-order valence-corrected chi connectivity index (χ2v) is 7.83. The van der Waals surface area contributed by atoms with Crippen molar-refractivity contribution in [3.05, 3.63) is 0 Å². The maximum absolute atomic E-state index is 12.1. The number of sulfonamides is 1. The summed E-state index contributed by atoms with van der Waals surface area (Å²) in [5, 5.41) is 9.85.